The Kier molecular flexibility index (Phi) is 15.7. The van der Waals surface area contributed by atoms with Crippen LogP contribution in [0.25, 0.3) is 0 Å². The molecule has 6 nitrogen and oxygen atoms in total. The first-order valence-corrected chi connectivity index (χ1v) is 9.08. The van der Waals surface area contributed by atoms with E-state index in [2.05, 4.69) is 0 Å². The molecule has 0 saturated carbocycles. The molecular formula is C24H21GdO6. The molecule has 7 heteroatoms. The molecule has 31 heavy (non-hydrogen) atoms. The number of benzene rings is 3. The molecule has 0 aromatic heterocycles. The minimum Gasteiger partial charge on any atom is -0.550 e. The largest absolute Gasteiger partial charge is 3.00 e. The van der Waals surface area contributed by atoms with Crippen molar-refractivity contribution in [2.24, 2.45) is 0 Å². The van der Waals surface area contributed by atoms with E-state index in [1.54, 1.807) is 72.8 Å². The number of rotatable bonds is 6. The fourth-order valence-corrected chi connectivity index (χ4v) is 2.29. The second-order valence-electron chi connectivity index (χ2n) is 6.10. The van der Waals surface area contributed by atoms with E-state index in [-0.39, 0.29) is 59.2 Å². The van der Waals surface area contributed by atoms with E-state index in [4.69, 9.17) is 0 Å². The number of carbonyl (C=O) groups excluding carboxylic acids is 3. The van der Waals surface area contributed by atoms with Crippen LogP contribution in [0, 0.1) is 39.9 Å². The first-order chi connectivity index (χ1) is 14.4. The molecule has 0 aliphatic carbocycles. The average Bonchev–Trinajstić information content (AvgIpc) is 2.70. The second-order valence-corrected chi connectivity index (χ2v) is 6.10. The van der Waals surface area contributed by atoms with Gasteiger partial charge in [-0.05, 0) is 16.7 Å². The minimum absolute atomic E-state index is 0. The Morgan fingerprint density at radius 2 is 0.645 bits per heavy atom. The standard InChI is InChI=1S/3C8H8O2.Gd/c3*9-8(10)6-7-4-2-1-3-5-7;/h3*1-5H,6H2,(H,9,10);/q;;;+3/p-3. The van der Waals surface area contributed by atoms with Gasteiger partial charge in [-0.3, -0.25) is 0 Å². The SMILES string of the molecule is O=C([O-])Cc1ccccc1.O=C([O-])Cc1ccccc1.O=C([O-])Cc1ccccc1.[Gd+3]. The van der Waals surface area contributed by atoms with Crippen LogP contribution in [0.15, 0.2) is 91.0 Å². The summed E-state index contributed by atoms with van der Waals surface area (Å²) in [5, 5.41) is 30.2. The molecule has 0 aliphatic rings. The molecule has 0 saturated heterocycles. The Morgan fingerprint density at radius 3 is 0.806 bits per heavy atom. The summed E-state index contributed by atoms with van der Waals surface area (Å²) in [5.41, 5.74) is 2.34. The van der Waals surface area contributed by atoms with Crippen molar-refractivity contribution in [3.05, 3.63) is 108 Å². The van der Waals surface area contributed by atoms with Gasteiger partial charge in [0.05, 0.1) is 0 Å². The molecule has 0 atom stereocenters. The first kappa shape index (κ1) is 28.4. The number of carboxylic acid groups (broad SMARTS) is 3. The Labute approximate surface area is 213 Å². The van der Waals surface area contributed by atoms with Gasteiger partial charge in [-0.15, -0.1) is 0 Å². The molecule has 161 valence electrons. The number of hydrogen-bond acceptors (Lipinski definition) is 6. The van der Waals surface area contributed by atoms with Crippen LogP contribution in [-0.2, 0) is 33.6 Å². The van der Waals surface area contributed by atoms with Crippen molar-refractivity contribution in [3.63, 3.8) is 0 Å². The Morgan fingerprint density at radius 1 is 0.452 bits per heavy atom. The van der Waals surface area contributed by atoms with E-state index in [1.165, 1.54) is 0 Å². The van der Waals surface area contributed by atoms with Gasteiger partial charge in [-0.25, -0.2) is 0 Å². The van der Waals surface area contributed by atoms with E-state index in [0.717, 1.165) is 16.7 Å². The topological polar surface area (TPSA) is 120 Å². The Hall–Kier alpha value is -2.61. The summed E-state index contributed by atoms with van der Waals surface area (Å²) < 4.78 is 0. The van der Waals surface area contributed by atoms with Crippen molar-refractivity contribution < 1.29 is 69.6 Å². The third kappa shape index (κ3) is 15.8. The van der Waals surface area contributed by atoms with Crippen LogP contribution in [0.2, 0.25) is 0 Å². The summed E-state index contributed by atoms with van der Waals surface area (Å²) in [5.74, 6) is -3.11. The zero-order valence-corrected chi connectivity index (χ0v) is 18.9. The van der Waals surface area contributed by atoms with Crippen LogP contribution in [0.5, 0.6) is 0 Å². The molecule has 0 spiro atoms. The molecular weight excluding hydrogens is 542 g/mol. The van der Waals surface area contributed by atoms with Gasteiger partial charge in [-0.2, -0.15) is 0 Å². The second kappa shape index (κ2) is 17.1. The van der Waals surface area contributed by atoms with Crippen molar-refractivity contribution in [2.75, 3.05) is 0 Å². The van der Waals surface area contributed by atoms with Gasteiger partial charge in [0.1, 0.15) is 0 Å². The third-order valence-electron chi connectivity index (χ3n) is 3.57. The third-order valence-corrected chi connectivity index (χ3v) is 3.57. The van der Waals surface area contributed by atoms with Gasteiger partial charge in [0.25, 0.3) is 0 Å². The molecule has 0 N–H and O–H groups in total. The number of carbonyl (C=O) groups is 3. The normalized spacial score (nSPS) is 8.90. The van der Waals surface area contributed by atoms with Crippen LogP contribution < -0.4 is 15.3 Å². The van der Waals surface area contributed by atoms with E-state index in [1.807, 2.05) is 18.2 Å². The van der Waals surface area contributed by atoms with Gasteiger partial charge < -0.3 is 29.7 Å². The van der Waals surface area contributed by atoms with Gasteiger partial charge >= 0.3 is 39.9 Å². The van der Waals surface area contributed by atoms with Gasteiger partial charge in [0.2, 0.25) is 0 Å². The Balaban J connectivity index is 0.000000429. The van der Waals surface area contributed by atoms with Crippen LogP contribution >= 0.6 is 0 Å². The molecule has 3 aromatic carbocycles. The summed E-state index contributed by atoms with van der Waals surface area (Å²) in [4.78, 5) is 30.2. The first-order valence-electron chi connectivity index (χ1n) is 9.08. The summed E-state index contributed by atoms with van der Waals surface area (Å²) in [6, 6.07) is 26.9. The number of hydrogen-bond donors (Lipinski definition) is 0. The predicted octanol–water partition coefficient (Wildman–Crippen LogP) is -0.0630. The molecule has 0 amide bonds. The summed E-state index contributed by atoms with van der Waals surface area (Å²) >= 11 is 0. The van der Waals surface area contributed by atoms with E-state index in [9.17, 15) is 29.7 Å². The van der Waals surface area contributed by atoms with Crippen molar-refractivity contribution >= 4 is 17.9 Å². The van der Waals surface area contributed by atoms with E-state index in [0.29, 0.717) is 0 Å². The maximum atomic E-state index is 10.1. The zero-order chi connectivity index (χ0) is 22.2. The van der Waals surface area contributed by atoms with Crippen molar-refractivity contribution in [3.8, 4) is 0 Å². The van der Waals surface area contributed by atoms with Crippen molar-refractivity contribution in [1.82, 2.24) is 0 Å². The molecule has 0 unspecified atom stereocenters. The van der Waals surface area contributed by atoms with Gasteiger partial charge in [-0.1, -0.05) is 91.0 Å². The molecule has 0 heterocycles. The van der Waals surface area contributed by atoms with Crippen LogP contribution in [-0.4, -0.2) is 17.9 Å². The summed E-state index contributed by atoms with van der Waals surface area (Å²) in [6.45, 7) is 0. The van der Waals surface area contributed by atoms with Gasteiger partial charge in [0.15, 0.2) is 0 Å². The molecule has 0 fully saturated rings. The minimum atomic E-state index is -1.04. The monoisotopic (exact) mass is 563 g/mol. The zero-order valence-electron chi connectivity index (χ0n) is 16.6. The maximum Gasteiger partial charge on any atom is 3.00 e. The molecule has 3 rings (SSSR count). The van der Waals surface area contributed by atoms with Crippen molar-refractivity contribution in [1.29, 1.82) is 0 Å². The van der Waals surface area contributed by atoms with E-state index < -0.39 is 17.9 Å². The van der Waals surface area contributed by atoms with Crippen LogP contribution in [0.3, 0.4) is 0 Å². The van der Waals surface area contributed by atoms with Crippen LogP contribution in [0.4, 0.5) is 0 Å². The maximum absolute atomic E-state index is 10.1. The fraction of sp³-hybridized carbons (Fsp3) is 0.125. The average molecular weight is 563 g/mol. The van der Waals surface area contributed by atoms with Gasteiger partial charge in [0, 0.05) is 37.2 Å². The molecule has 0 bridgehead atoms. The number of aliphatic carboxylic acids is 3. The Bertz CT molecular complexity index is 777. The smallest absolute Gasteiger partial charge is 0.550 e. The van der Waals surface area contributed by atoms with Crippen molar-refractivity contribution in [2.45, 2.75) is 19.3 Å². The fourth-order valence-electron chi connectivity index (χ4n) is 2.29. The van der Waals surface area contributed by atoms with E-state index >= 15 is 0 Å². The molecule has 3 aromatic rings. The summed E-state index contributed by atoms with van der Waals surface area (Å²) in [6.07, 6.45) is 0.00250. The molecule has 0 aliphatic heterocycles. The molecule has 1 radical (unpaired) electrons. The van der Waals surface area contributed by atoms with Crippen LogP contribution in [0.1, 0.15) is 16.7 Å². The predicted molar refractivity (Wildman–Crippen MR) is 105 cm³/mol. The summed E-state index contributed by atoms with van der Waals surface area (Å²) in [7, 11) is 0. The number of carboxylic acids is 3. The quantitative estimate of drug-likeness (QED) is 0.415.